The Morgan fingerprint density at radius 1 is 0.889 bits per heavy atom. The summed E-state index contributed by atoms with van der Waals surface area (Å²) in [5.74, 6) is -0.718. The van der Waals surface area contributed by atoms with Crippen LogP contribution in [0.25, 0.3) is 16.9 Å². The summed E-state index contributed by atoms with van der Waals surface area (Å²) in [5.41, 5.74) is 4.52. The minimum atomic E-state index is -1.05. The maximum Gasteiger partial charge on any atom is 0.410 e. The van der Waals surface area contributed by atoms with Gasteiger partial charge in [0.25, 0.3) is 5.91 Å². The third-order valence-corrected chi connectivity index (χ3v) is 7.63. The highest BCUT2D eigenvalue weighted by Crippen LogP contribution is 2.33. The molecule has 9 heteroatoms. The number of carbonyl (C=O) groups excluding carboxylic acids is 2. The van der Waals surface area contributed by atoms with Crippen LogP contribution in [0.1, 0.15) is 42.4 Å². The van der Waals surface area contributed by atoms with E-state index in [0.717, 1.165) is 28.2 Å². The Morgan fingerprint density at radius 3 is 2.16 bits per heavy atom. The van der Waals surface area contributed by atoms with Gasteiger partial charge in [-0.2, -0.15) is 0 Å². The Bertz CT molecular complexity index is 1640. The molecule has 45 heavy (non-hydrogen) atoms. The van der Waals surface area contributed by atoms with Crippen LogP contribution in [0.5, 0.6) is 5.75 Å². The van der Waals surface area contributed by atoms with Crippen molar-refractivity contribution < 1.29 is 29.0 Å². The summed E-state index contributed by atoms with van der Waals surface area (Å²) in [6.07, 6.45) is 0.0663. The molecule has 1 fully saturated rings. The van der Waals surface area contributed by atoms with E-state index >= 15 is 0 Å². The van der Waals surface area contributed by atoms with Crippen LogP contribution in [0.2, 0.25) is 0 Å². The maximum absolute atomic E-state index is 14.6. The van der Waals surface area contributed by atoms with Crippen molar-refractivity contribution in [3.63, 3.8) is 0 Å². The van der Waals surface area contributed by atoms with Crippen molar-refractivity contribution in [1.29, 1.82) is 0 Å². The number of amides is 2. The third kappa shape index (κ3) is 7.55. The standard InChI is InChI=1S/C36H39N3O6/c1-25-21-31(33(27-11-7-5-8-12-27)39(25)28-13-9-6-10-14-28)34(42)38-20-19-37(35(43)45-36(2,3)4)23-29(38)22-26-15-17-30(18-16-26)44-24-32(40)41/h5-18,21,29H,19-20,22-24H2,1-4H3,(H,40,41)/t29-/m1/s1. The molecule has 0 saturated carbocycles. The van der Waals surface area contributed by atoms with Gasteiger partial charge in [-0.05, 0) is 75.6 Å². The number of carbonyl (C=O) groups is 3. The van der Waals surface area contributed by atoms with Gasteiger partial charge < -0.3 is 28.9 Å². The van der Waals surface area contributed by atoms with Gasteiger partial charge in [-0.15, -0.1) is 0 Å². The summed E-state index contributed by atoms with van der Waals surface area (Å²) in [6.45, 7) is 8.06. The molecule has 1 atom stereocenters. The second-order valence-corrected chi connectivity index (χ2v) is 12.2. The number of aryl methyl sites for hydroxylation is 1. The first kappa shape index (κ1) is 31.4. The SMILES string of the molecule is Cc1cc(C(=O)N2CCN(C(=O)OC(C)(C)C)C[C@H]2Cc2ccc(OCC(=O)O)cc2)c(-c2ccccc2)n1-c1ccccc1. The molecular weight excluding hydrogens is 570 g/mol. The second kappa shape index (κ2) is 13.3. The number of nitrogens with zero attached hydrogens (tertiary/aromatic N) is 3. The minimum Gasteiger partial charge on any atom is -0.482 e. The van der Waals surface area contributed by atoms with Crippen molar-refractivity contribution in [3.8, 4) is 22.7 Å². The van der Waals surface area contributed by atoms with E-state index in [1.54, 1.807) is 17.0 Å². The number of carboxylic acid groups (broad SMARTS) is 1. The third-order valence-electron chi connectivity index (χ3n) is 7.63. The van der Waals surface area contributed by atoms with Crippen LogP contribution < -0.4 is 4.74 Å². The predicted molar refractivity (Wildman–Crippen MR) is 172 cm³/mol. The van der Waals surface area contributed by atoms with E-state index in [2.05, 4.69) is 4.57 Å². The first-order valence-corrected chi connectivity index (χ1v) is 15.1. The molecule has 2 amide bonds. The summed E-state index contributed by atoms with van der Waals surface area (Å²) in [6, 6.07) is 28.7. The Labute approximate surface area is 263 Å². The van der Waals surface area contributed by atoms with Crippen LogP contribution in [-0.4, -0.2) is 75.3 Å². The fourth-order valence-electron chi connectivity index (χ4n) is 5.68. The lowest BCUT2D eigenvalue weighted by Gasteiger charge is -2.42. The summed E-state index contributed by atoms with van der Waals surface area (Å²) >= 11 is 0. The van der Waals surface area contributed by atoms with Crippen LogP contribution in [0, 0.1) is 6.92 Å². The van der Waals surface area contributed by atoms with E-state index in [-0.39, 0.29) is 11.9 Å². The maximum atomic E-state index is 14.6. The monoisotopic (exact) mass is 609 g/mol. The van der Waals surface area contributed by atoms with Crippen LogP contribution in [-0.2, 0) is 16.0 Å². The Balaban J connectivity index is 1.50. The molecule has 1 aliphatic rings. The molecule has 1 saturated heterocycles. The van der Waals surface area contributed by atoms with Crippen LogP contribution in [0.15, 0.2) is 91.0 Å². The summed E-state index contributed by atoms with van der Waals surface area (Å²) in [4.78, 5) is 42.1. The first-order chi connectivity index (χ1) is 21.5. The number of hydrogen-bond acceptors (Lipinski definition) is 5. The largest absolute Gasteiger partial charge is 0.482 e. The van der Waals surface area contributed by atoms with Gasteiger partial charge in [0.1, 0.15) is 11.4 Å². The average molecular weight is 610 g/mol. The van der Waals surface area contributed by atoms with Gasteiger partial charge in [-0.1, -0.05) is 60.7 Å². The van der Waals surface area contributed by atoms with E-state index in [0.29, 0.717) is 37.4 Å². The average Bonchev–Trinajstić information content (AvgIpc) is 3.37. The van der Waals surface area contributed by atoms with Gasteiger partial charge in [-0.3, -0.25) is 4.79 Å². The van der Waals surface area contributed by atoms with E-state index < -0.39 is 24.3 Å². The summed E-state index contributed by atoms with van der Waals surface area (Å²) < 4.78 is 13.1. The summed E-state index contributed by atoms with van der Waals surface area (Å²) in [7, 11) is 0. The lowest BCUT2D eigenvalue weighted by Crippen LogP contribution is -2.57. The first-order valence-electron chi connectivity index (χ1n) is 15.1. The Hall–Kier alpha value is -5.05. The van der Waals surface area contributed by atoms with Crippen LogP contribution in [0.3, 0.4) is 0 Å². The zero-order valence-corrected chi connectivity index (χ0v) is 26.1. The molecule has 1 aromatic heterocycles. The molecule has 234 valence electrons. The van der Waals surface area contributed by atoms with Crippen molar-refractivity contribution >= 4 is 18.0 Å². The topological polar surface area (TPSA) is 101 Å². The van der Waals surface area contributed by atoms with Crippen LogP contribution in [0.4, 0.5) is 4.79 Å². The fraction of sp³-hybridized carbons (Fsp3) is 0.306. The highest BCUT2D eigenvalue weighted by molar-refractivity contribution is 6.01. The minimum absolute atomic E-state index is 0.109. The number of ether oxygens (including phenoxy) is 2. The number of aliphatic carboxylic acids is 1. The molecule has 4 aromatic rings. The van der Waals surface area contributed by atoms with E-state index in [4.69, 9.17) is 14.6 Å². The van der Waals surface area contributed by atoms with Crippen molar-refractivity contribution in [2.75, 3.05) is 26.2 Å². The molecule has 0 aliphatic carbocycles. The number of piperazine rings is 1. The highest BCUT2D eigenvalue weighted by atomic mass is 16.6. The lowest BCUT2D eigenvalue weighted by atomic mass is 10.00. The van der Waals surface area contributed by atoms with Gasteiger partial charge >= 0.3 is 12.1 Å². The van der Waals surface area contributed by atoms with Crippen LogP contribution >= 0.6 is 0 Å². The van der Waals surface area contributed by atoms with Gasteiger partial charge in [0.15, 0.2) is 6.61 Å². The van der Waals surface area contributed by atoms with Gasteiger partial charge in [-0.25, -0.2) is 9.59 Å². The molecule has 2 heterocycles. The molecule has 9 nitrogen and oxygen atoms in total. The zero-order chi connectivity index (χ0) is 32.1. The molecular formula is C36H39N3O6. The quantitative estimate of drug-likeness (QED) is 0.255. The predicted octanol–water partition coefficient (Wildman–Crippen LogP) is 6.22. The molecule has 0 bridgehead atoms. The summed E-state index contributed by atoms with van der Waals surface area (Å²) in [5, 5.41) is 8.93. The van der Waals surface area contributed by atoms with Crippen molar-refractivity contribution in [2.45, 2.75) is 45.8 Å². The van der Waals surface area contributed by atoms with Crippen molar-refractivity contribution in [1.82, 2.24) is 14.4 Å². The molecule has 1 aliphatic heterocycles. The number of hydrogen-bond donors (Lipinski definition) is 1. The van der Waals surface area contributed by atoms with Crippen molar-refractivity contribution in [2.24, 2.45) is 0 Å². The number of para-hydroxylation sites is 1. The molecule has 3 aromatic carbocycles. The molecule has 1 N–H and O–H groups in total. The molecule has 0 spiro atoms. The smallest absolute Gasteiger partial charge is 0.410 e. The Morgan fingerprint density at radius 2 is 1.53 bits per heavy atom. The normalized spacial score (nSPS) is 15.1. The highest BCUT2D eigenvalue weighted by Gasteiger charge is 2.36. The Kier molecular flexibility index (Phi) is 9.27. The number of benzene rings is 3. The number of rotatable bonds is 8. The molecule has 5 rings (SSSR count). The van der Waals surface area contributed by atoms with E-state index in [9.17, 15) is 14.4 Å². The molecule has 0 radical (unpaired) electrons. The van der Waals surface area contributed by atoms with E-state index in [1.165, 1.54) is 0 Å². The lowest BCUT2D eigenvalue weighted by molar-refractivity contribution is -0.139. The number of aromatic nitrogens is 1. The van der Waals surface area contributed by atoms with Crippen molar-refractivity contribution in [3.05, 3.63) is 108 Å². The number of carboxylic acids is 1. The molecule has 0 unspecified atom stereocenters. The van der Waals surface area contributed by atoms with Gasteiger partial charge in [0.2, 0.25) is 0 Å². The van der Waals surface area contributed by atoms with Gasteiger partial charge in [0, 0.05) is 31.0 Å². The van der Waals surface area contributed by atoms with E-state index in [1.807, 2.05) is 111 Å². The van der Waals surface area contributed by atoms with Gasteiger partial charge in [0.05, 0.1) is 17.3 Å². The fourth-order valence-corrected chi connectivity index (χ4v) is 5.68. The zero-order valence-electron chi connectivity index (χ0n) is 26.1. The second-order valence-electron chi connectivity index (χ2n) is 12.2.